The van der Waals surface area contributed by atoms with E-state index in [-0.39, 0.29) is 23.3 Å². The van der Waals surface area contributed by atoms with Crippen molar-refractivity contribution in [3.05, 3.63) is 21.7 Å². The van der Waals surface area contributed by atoms with Gasteiger partial charge in [0, 0.05) is 12.5 Å². The minimum Gasteiger partial charge on any atom is -0.493 e. The first kappa shape index (κ1) is 11.7. The fraction of sp³-hybridized carbons (Fsp3) is 0.692. The zero-order valence-corrected chi connectivity index (χ0v) is 10.3. The van der Waals surface area contributed by atoms with E-state index in [1.807, 2.05) is 0 Å². The van der Waals surface area contributed by atoms with Crippen LogP contribution in [-0.2, 0) is 4.74 Å². The van der Waals surface area contributed by atoms with Gasteiger partial charge in [0.25, 0.3) is 5.56 Å². The number of nitrogens with zero attached hydrogens (tertiary/aromatic N) is 1. The molecule has 1 saturated carbocycles. The molecular formula is C13H18N2O3. The van der Waals surface area contributed by atoms with E-state index in [1.54, 1.807) is 0 Å². The van der Waals surface area contributed by atoms with E-state index >= 15 is 0 Å². The number of H-pyrrole nitrogens is 1. The molecule has 2 heterocycles. The Labute approximate surface area is 105 Å². The van der Waals surface area contributed by atoms with Crippen molar-refractivity contribution < 1.29 is 9.84 Å². The maximum Gasteiger partial charge on any atom is 0.258 e. The van der Waals surface area contributed by atoms with Crippen molar-refractivity contribution in [2.45, 2.75) is 43.9 Å². The summed E-state index contributed by atoms with van der Waals surface area (Å²) in [5, 5.41) is 10.0. The van der Waals surface area contributed by atoms with E-state index < -0.39 is 0 Å². The van der Waals surface area contributed by atoms with Gasteiger partial charge < -0.3 is 14.8 Å². The topological polar surface area (TPSA) is 75.2 Å². The van der Waals surface area contributed by atoms with Gasteiger partial charge in [0.2, 0.25) is 5.88 Å². The molecule has 0 radical (unpaired) electrons. The van der Waals surface area contributed by atoms with Crippen molar-refractivity contribution in [3.63, 3.8) is 0 Å². The van der Waals surface area contributed by atoms with Crippen molar-refractivity contribution in [3.8, 4) is 5.88 Å². The van der Waals surface area contributed by atoms with Crippen molar-refractivity contribution in [2.75, 3.05) is 13.2 Å². The van der Waals surface area contributed by atoms with Gasteiger partial charge in [0.05, 0.1) is 12.2 Å². The van der Waals surface area contributed by atoms with Crippen LogP contribution >= 0.6 is 0 Å². The molecule has 5 heteroatoms. The van der Waals surface area contributed by atoms with E-state index in [0.717, 1.165) is 32.1 Å². The molecule has 1 aromatic rings. The average molecular weight is 250 g/mol. The van der Waals surface area contributed by atoms with Gasteiger partial charge in [-0.15, -0.1) is 0 Å². The lowest BCUT2D eigenvalue weighted by Crippen LogP contribution is -2.20. The van der Waals surface area contributed by atoms with Gasteiger partial charge in [0.15, 0.2) is 0 Å². The van der Waals surface area contributed by atoms with Crippen LogP contribution in [0.25, 0.3) is 0 Å². The third kappa shape index (κ3) is 2.03. The Bertz CT molecular complexity index is 485. The summed E-state index contributed by atoms with van der Waals surface area (Å²) in [6, 6.07) is 0. The molecule has 0 bridgehead atoms. The Kier molecular flexibility index (Phi) is 3.07. The molecule has 2 N–H and O–H groups in total. The Hall–Kier alpha value is -1.36. The summed E-state index contributed by atoms with van der Waals surface area (Å²) < 4.78 is 5.28. The molecule has 98 valence electrons. The first-order chi connectivity index (χ1) is 8.75. The SMILES string of the molecule is O=c1[nH]c(C2CCOC2)nc(O)c1C1CCCC1. The van der Waals surface area contributed by atoms with E-state index in [4.69, 9.17) is 4.74 Å². The third-order valence-corrected chi connectivity index (χ3v) is 4.03. The number of aromatic amines is 1. The van der Waals surface area contributed by atoms with Gasteiger partial charge in [-0.05, 0) is 25.2 Å². The van der Waals surface area contributed by atoms with E-state index in [2.05, 4.69) is 9.97 Å². The number of ether oxygens (including phenoxy) is 1. The van der Waals surface area contributed by atoms with E-state index in [0.29, 0.717) is 24.6 Å². The zero-order chi connectivity index (χ0) is 12.5. The molecule has 18 heavy (non-hydrogen) atoms. The molecule has 2 fully saturated rings. The Morgan fingerprint density at radius 1 is 1.22 bits per heavy atom. The lowest BCUT2D eigenvalue weighted by atomic mass is 9.99. The van der Waals surface area contributed by atoms with Crippen LogP contribution in [0.15, 0.2) is 4.79 Å². The van der Waals surface area contributed by atoms with Crippen molar-refractivity contribution in [1.82, 2.24) is 9.97 Å². The molecule has 1 atom stereocenters. The zero-order valence-electron chi connectivity index (χ0n) is 10.3. The number of hydrogen-bond acceptors (Lipinski definition) is 4. The third-order valence-electron chi connectivity index (χ3n) is 4.03. The number of aromatic nitrogens is 2. The predicted octanol–water partition coefficient (Wildman–Crippen LogP) is 1.64. The van der Waals surface area contributed by atoms with Crippen molar-refractivity contribution >= 4 is 0 Å². The molecule has 0 amide bonds. The molecule has 0 spiro atoms. The highest BCUT2D eigenvalue weighted by Crippen LogP contribution is 2.36. The summed E-state index contributed by atoms with van der Waals surface area (Å²) in [6.45, 7) is 1.27. The predicted molar refractivity (Wildman–Crippen MR) is 65.9 cm³/mol. The van der Waals surface area contributed by atoms with Crippen LogP contribution in [-0.4, -0.2) is 28.3 Å². The molecule has 1 unspecified atom stereocenters. The number of nitrogens with one attached hydrogen (secondary N) is 1. The van der Waals surface area contributed by atoms with Gasteiger partial charge in [0.1, 0.15) is 5.82 Å². The molecule has 2 aliphatic rings. The second-order valence-corrected chi connectivity index (χ2v) is 5.23. The molecule has 3 rings (SSSR count). The summed E-state index contributed by atoms with van der Waals surface area (Å²) in [5.41, 5.74) is 0.312. The van der Waals surface area contributed by atoms with Crippen molar-refractivity contribution in [1.29, 1.82) is 0 Å². The molecule has 1 aromatic heterocycles. The molecule has 1 aliphatic heterocycles. The smallest absolute Gasteiger partial charge is 0.258 e. The summed E-state index contributed by atoms with van der Waals surface area (Å²) >= 11 is 0. The Morgan fingerprint density at radius 2 is 2.00 bits per heavy atom. The van der Waals surface area contributed by atoms with Gasteiger partial charge in [-0.25, -0.2) is 0 Å². The molecule has 1 aliphatic carbocycles. The minimum atomic E-state index is -0.170. The van der Waals surface area contributed by atoms with Crippen LogP contribution in [0, 0.1) is 0 Å². The highest BCUT2D eigenvalue weighted by molar-refractivity contribution is 5.28. The van der Waals surface area contributed by atoms with Gasteiger partial charge >= 0.3 is 0 Å². The van der Waals surface area contributed by atoms with Crippen LogP contribution in [0.4, 0.5) is 0 Å². The summed E-state index contributed by atoms with van der Waals surface area (Å²) in [6.07, 6.45) is 5.06. The number of hydrogen-bond donors (Lipinski definition) is 2. The molecule has 1 saturated heterocycles. The summed E-state index contributed by atoms with van der Waals surface area (Å²) in [7, 11) is 0. The van der Waals surface area contributed by atoms with E-state index in [1.165, 1.54) is 0 Å². The summed E-state index contributed by atoms with van der Waals surface area (Å²) in [5.74, 6) is 0.778. The lowest BCUT2D eigenvalue weighted by Gasteiger charge is -2.13. The van der Waals surface area contributed by atoms with Crippen LogP contribution < -0.4 is 5.56 Å². The maximum absolute atomic E-state index is 12.1. The molecule has 0 aromatic carbocycles. The fourth-order valence-corrected chi connectivity index (χ4v) is 3.01. The molecular weight excluding hydrogens is 232 g/mol. The molecule has 5 nitrogen and oxygen atoms in total. The van der Waals surface area contributed by atoms with Gasteiger partial charge in [-0.1, -0.05) is 12.8 Å². The highest BCUT2D eigenvalue weighted by Gasteiger charge is 2.27. The minimum absolute atomic E-state index is 0.0763. The normalized spacial score (nSPS) is 24.8. The summed E-state index contributed by atoms with van der Waals surface area (Å²) in [4.78, 5) is 19.1. The van der Waals surface area contributed by atoms with Crippen LogP contribution in [0.2, 0.25) is 0 Å². The van der Waals surface area contributed by atoms with Crippen molar-refractivity contribution in [2.24, 2.45) is 0 Å². The largest absolute Gasteiger partial charge is 0.493 e. The van der Waals surface area contributed by atoms with Gasteiger partial charge in [-0.3, -0.25) is 4.79 Å². The van der Waals surface area contributed by atoms with Gasteiger partial charge in [-0.2, -0.15) is 4.98 Å². The Morgan fingerprint density at radius 3 is 2.61 bits per heavy atom. The number of rotatable bonds is 2. The monoisotopic (exact) mass is 250 g/mol. The maximum atomic E-state index is 12.1. The van der Waals surface area contributed by atoms with Crippen LogP contribution in [0.1, 0.15) is 55.3 Å². The fourth-order valence-electron chi connectivity index (χ4n) is 3.01. The van der Waals surface area contributed by atoms with E-state index in [9.17, 15) is 9.90 Å². The first-order valence-corrected chi connectivity index (χ1v) is 6.66. The standard InChI is InChI=1S/C13H18N2O3/c16-12-10(8-3-1-2-4-8)13(17)15-11(14-12)9-5-6-18-7-9/h8-9H,1-7H2,(H2,14,15,16,17). The average Bonchev–Trinajstić information content (AvgIpc) is 3.01. The lowest BCUT2D eigenvalue weighted by molar-refractivity contribution is 0.193. The second-order valence-electron chi connectivity index (χ2n) is 5.23. The Balaban J connectivity index is 1.94. The van der Waals surface area contributed by atoms with Crippen LogP contribution in [0.5, 0.6) is 5.88 Å². The first-order valence-electron chi connectivity index (χ1n) is 6.66. The number of aromatic hydroxyl groups is 1. The van der Waals surface area contributed by atoms with Crippen LogP contribution in [0.3, 0.4) is 0 Å². The second kappa shape index (κ2) is 4.72. The highest BCUT2D eigenvalue weighted by atomic mass is 16.5. The quantitative estimate of drug-likeness (QED) is 0.836.